The molecule has 136 valence electrons. The zero-order chi connectivity index (χ0) is 18.8. The van der Waals surface area contributed by atoms with E-state index in [4.69, 9.17) is 9.47 Å². The molecular formula is C17H22N2O6. The van der Waals surface area contributed by atoms with E-state index in [1.54, 1.807) is 32.9 Å². The maximum atomic E-state index is 12.6. The second-order valence-electron chi connectivity index (χ2n) is 6.65. The Bertz CT molecular complexity index is 682. The Morgan fingerprint density at radius 3 is 2.44 bits per heavy atom. The van der Waals surface area contributed by atoms with Crippen LogP contribution < -0.4 is 4.90 Å². The molecule has 0 radical (unpaired) electrons. The molecule has 0 bridgehead atoms. The van der Waals surface area contributed by atoms with E-state index >= 15 is 0 Å². The molecule has 0 saturated carbocycles. The highest BCUT2D eigenvalue weighted by Gasteiger charge is 2.42. The van der Waals surface area contributed by atoms with Gasteiger partial charge in [-0.2, -0.15) is 0 Å². The van der Waals surface area contributed by atoms with E-state index in [1.807, 2.05) is 0 Å². The number of hydrogen-bond donors (Lipinski definition) is 1. The summed E-state index contributed by atoms with van der Waals surface area (Å²) in [5, 5.41) is 10.0. The number of ether oxygens (including phenoxy) is 2. The van der Waals surface area contributed by atoms with Crippen LogP contribution in [0.2, 0.25) is 0 Å². The zero-order valence-corrected chi connectivity index (χ0v) is 14.7. The monoisotopic (exact) mass is 350 g/mol. The number of methoxy groups -OCH3 is 1. The van der Waals surface area contributed by atoms with Crippen LogP contribution in [-0.2, 0) is 19.1 Å². The van der Waals surface area contributed by atoms with E-state index in [2.05, 4.69) is 0 Å². The molecule has 1 aromatic rings. The lowest BCUT2D eigenvalue weighted by atomic mass is 10.1. The molecule has 1 heterocycles. The Kier molecular flexibility index (Phi) is 5.20. The largest absolute Gasteiger partial charge is 0.506 e. The highest BCUT2D eigenvalue weighted by Crippen LogP contribution is 2.31. The average Bonchev–Trinajstić information content (AvgIpc) is 2.52. The Morgan fingerprint density at radius 2 is 1.88 bits per heavy atom. The molecule has 25 heavy (non-hydrogen) atoms. The maximum absolute atomic E-state index is 12.6. The van der Waals surface area contributed by atoms with Crippen molar-refractivity contribution >= 4 is 23.7 Å². The van der Waals surface area contributed by atoms with Crippen molar-refractivity contribution in [3.05, 3.63) is 24.3 Å². The van der Waals surface area contributed by atoms with Crippen molar-refractivity contribution in [2.75, 3.05) is 25.1 Å². The number of anilines is 1. The number of piperazine rings is 1. The van der Waals surface area contributed by atoms with Crippen molar-refractivity contribution in [3.63, 3.8) is 0 Å². The van der Waals surface area contributed by atoms with Gasteiger partial charge in [0.15, 0.2) is 6.04 Å². The number of phenols is 1. The highest BCUT2D eigenvalue weighted by molar-refractivity contribution is 6.04. The third-order valence-corrected chi connectivity index (χ3v) is 3.57. The summed E-state index contributed by atoms with van der Waals surface area (Å²) in [6, 6.07) is 5.10. The number of rotatable bonds is 2. The van der Waals surface area contributed by atoms with Crippen molar-refractivity contribution in [1.29, 1.82) is 0 Å². The van der Waals surface area contributed by atoms with Gasteiger partial charge in [-0.15, -0.1) is 0 Å². The molecule has 2 amide bonds. The second kappa shape index (κ2) is 7.00. The smallest absolute Gasteiger partial charge is 0.410 e. The van der Waals surface area contributed by atoms with Gasteiger partial charge in [0.05, 0.1) is 19.3 Å². The molecule has 1 aromatic carbocycles. The predicted molar refractivity (Wildman–Crippen MR) is 89.2 cm³/mol. The van der Waals surface area contributed by atoms with E-state index < -0.39 is 29.6 Å². The molecule has 8 nitrogen and oxygen atoms in total. The Morgan fingerprint density at radius 1 is 1.24 bits per heavy atom. The summed E-state index contributed by atoms with van der Waals surface area (Å²) in [6.07, 6.45) is -0.688. The Labute approximate surface area is 145 Å². The lowest BCUT2D eigenvalue weighted by Gasteiger charge is -2.39. The van der Waals surface area contributed by atoms with Gasteiger partial charge in [0.25, 0.3) is 0 Å². The summed E-state index contributed by atoms with van der Waals surface area (Å²) in [6.45, 7) is 4.77. The van der Waals surface area contributed by atoms with Crippen LogP contribution in [0.4, 0.5) is 10.5 Å². The van der Waals surface area contributed by atoms with Gasteiger partial charge in [-0.3, -0.25) is 14.6 Å². The van der Waals surface area contributed by atoms with Gasteiger partial charge in [-0.25, -0.2) is 9.59 Å². The van der Waals surface area contributed by atoms with Gasteiger partial charge < -0.3 is 14.6 Å². The lowest BCUT2D eigenvalue weighted by molar-refractivity contribution is -0.145. The molecule has 1 atom stereocenters. The van der Waals surface area contributed by atoms with E-state index in [0.29, 0.717) is 0 Å². The highest BCUT2D eigenvalue weighted by atomic mass is 16.6. The first kappa shape index (κ1) is 18.6. The average molecular weight is 350 g/mol. The summed E-state index contributed by atoms with van der Waals surface area (Å²) >= 11 is 0. The van der Waals surface area contributed by atoms with E-state index in [9.17, 15) is 19.5 Å². The van der Waals surface area contributed by atoms with Crippen LogP contribution >= 0.6 is 0 Å². The number of hydrogen-bond acceptors (Lipinski definition) is 6. The fourth-order valence-electron chi connectivity index (χ4n) is 2.52. The maximum Gasteiger partial charge on any atom is 0.410 e. The second-order valence-corrected chi connectivity index (χ2v) is 6.65. The minimum Gasteiger partial charge on any atom is -0.506 e. The van der Waals surface area contributed by atoms with Crippen LogP contribution in [0.25, 0.3) is 0 Å². The predicted octanol–water partition coefficient (Wildman–Crippen LogP) is 1.52. The molecule has 1 N–H and O–H groups in total. The molecule has 0 aromatic heterocycles. The molecule has 1 fully saturated rings. The minimum absolute atomic E-state index is 0.0956. The molecule has 1 aliphatic heterocycles. The molecule has 1 unspecified atom stereocenters. The Hall–Kier alpha value is -2.77. The van der Waals surface area contributed by atoms with Crippen LogP contribution in [-0.4, -0.2) is 59.8 Å². The SMILES string of the molecule is COC(=O)C1CN(C(=O)OC(C)(C)C)CC(=O)N1c1ccccc1O. The van der Waals surface area contributed by atoms with Gasteiger partial charge in [-0.05, 0) is 32.9 Å². The number of para-hydroxylation sites is 2. The fraction of sp³-hybridized carbons (Fsp3) is 0.471. The van der Waals surface area contributed by atoms with E-state index in [-0.39, 0.29) is 24.5 Å². The van der Waals surface area contributed by atoms with E-state index in [0.717, 1.165) is 9.80 Å². The van der Waals surface area contributed by atoms with Gasteiger partial charge in [0.1, 0.15) is 17.9 Å². The Balaban J connectivity index is 2.32. The number of nitrogens with zero attached hydrogens (tertiary/aromatic N) is 2. The number of esters is 1. The third-order valence-electron chi connectivity index (χ3n) is 3.57. The number of carbonyl (C=O) groups excluding carboxylic acids is 3. The summed E-state index contributed by atoms with van der Waals surface area (Å²) in [4.78, 5) is 39.4. The third kappa shape index (κ3) is 4.20. The lowest BCUT2D eigenvalue weighted by Crippen LogP contribution is -2.61. The first-order valence-corrected chi connectivity index (χ1v) is 7.80. The zero-order valence-electron chi connectivity index (χ0n) is 14.7. The number of aromatic hydroxyl groups is 1. The molecule has 1 saturated heterocycles. The van der Waals surface area contributed by atoms with Crippen LogP contribution in [0.1, 0.15) is 20.8 Å². The first-order valence-electron chi connectivity index (χ1n) is 7.80. The minimum atomic E-state index is -1.08. The van der Waals surface area contributed by atoms with Crippen molar-refractivity contribution in [2.45, 2.75) is 32.4 Å². The summed E-state index contributed by atoms with van der Waals surface area (Å²) < 4.78 is 10.0. The van der Waals surface area contributed by atoms with Gasteiger partial charge >= 0.3 is 12.1 Å². The molecule has 2 rings (SSSR count). The summed E-state index contributed by atoms with van der Waals surface area (Å²) in [5.74, 6) is -1.35. The molecule has 1 aliphatic rings. The van der Waals surface area contributed by atoms with Crippen LogP contribution in [0.15, 0.2) is 24.3 Å². The standard InChI is InChI=1S/C17H22N2O6/c1-17(2,3)25-16(23)18-9-12(15(22)24-4)19(14(21)10-18)11-7-5-6-8-13(11)20/h5-8,12,20H,9-10H2,1-4H3. The van der Waals surface area contributed by atoms with Crippen molar-refractivity contribution in [2.24, 2.45) is 0 Å². The van der Waals surface area contributed by atoms with Gasteiger partial charge in [-0.1, -0.05) is 12.1 Å². The van der Waals surface area contributed by atoms with Crippen molar-refractivity contribution in [1.82, 2.24) is 4.90 Å². The quantitative estimate of drug-likeness (QED) is 0.813. The van der Waals surface area contributed by atoms with Crippen molar-refractivity contribution < 1.29 is 29.0 Å². The summed E-state index contributed by atoms with van der Waals surface area (Å²) in [7, 11) is 1.20. The molecule has 0 aliphatic carbocycles. The number of amides is 2. The fourth-order valence-corrected chi connectivity index (χ4v) is 2.52. The molecule has 8 heteroatoms. The molecular weight excluding hydrogens is 328 g/mol. The number of carbonyl (C=O) groups is 3. The first-order chi connectivity index (χ1) is 11.6. The number of phenolic OH excluding ortho intramolecular Hbond substituents is 1. The topological polar surface area (TPSA) is 96.4 Å². The van der Waals surface area contributed by atoms with Crippen molar-refractivity contribution in [3.8, 4) is 5.75 Å². The van der Waals surface area contributed by atoms with Crippen LogP contribution in [0.3, 0.4) is 0 Å². The number of benzene rings is 1. The van der Waals surface area contributed by atoms with Crippen LogP contribution in [0, 0.1) is 0 Å². The van der Waals surface area contributed by atoms with E-state index in [1.165, 1.54) is 19.2 Å². The molecule has 0 spiro atoms. The van der Waals surface area contributed by atoms with Gasteiger partial charge in [0, 0.05) is 0 Å². The van der Waals surface area contributed by atoms with Crippen LogP contribution in [0.5, 0.6) is 5.75 Å². The summed E-state index contributed by atoms with van der Waals surface area (Å²) in [5.41, 5.74) is -0.540. The normalized spacial score (nSPS) is 18.1. The van der Waals surface area contributed by atoms with Gasteiger partial charge in [0.2, 0.25) is 5.91 Å².